The summed E-state index contributed by atoms with van der Waals surface area (Å²) in [6.45, 7) is 2.20. The van der Waals surface area contributed by atoms with E-state index < -0.39 is 0 Å². The average Bonchev–Trinajstić information content (AvgIpc) is 3.10. The van der Waals surface area contributed by atoms with Crippen molar-refractivity contribution < 1.29 is 9.59 Å². The Morgan fingerprint density at radius 3 is 2.80 bits per heavy atom. The molecule has 0 radical (unpaired) electrons. The highest BCUT2D eigenvalue weighted by atomic mass is 16.2. The lowest BCUT2D eigenvalue weighted by Gasteiger charge is -2.14. The molecular weight excluding hydrogens is 254 g/mol. The maximum atomic E-state index is 12.1. The van der Waals surface area contributed by atoms with Crippen LogP contribution in [0.15, 0.2) is 24.5 Å². The molecule has 1 aliphatic carbocycles. The third-order valence-electron chi connectivity index (χ3n) is 4.05. The van der Waals surface area contributed by atoms with Gasteiger partial charge in [0.15, 0.2) is 0 Å². The molecule has 1 saturated heterocycles. The van der Waals surface area contributed by atoms with Crippen LogP contribution in [-0.4, -0.2) is 34.8 Å². The maximum Gasteiger partial charge on any atom is 0.226 e. The van der Waals surface area contributed by atoms with Crippen LogP contribution in [0.4, 0.5) is 0 Å². The Balaban J connectivity index is 1.46. The molecule has 1 saturated carbocycles. The molecule has 2 aliphatic rings. The van der Waals surface area contributed by atoms with E-state index in [2.05, 4.69) is 10.3 Å². The highest BCUT2D eigenvalue weighted by molar-refractivity contribution is 5.92. The molecule has 5 heteroatoms. The lowest BCUT2D eigenvalue weighted by molar-refractivity contribution is -0.133. The van der Waals surface area contributed by atoms with E-state index in [1.165, 1.54) is 0 Å². The first-order chi connectivity index (χ1) is 9.75. The summed E-state index contributed by atoms with van der Waals surface area (Å²) in [5.41, 5.74) is 0.976. The Hall–Kier alpha value is -1.91. The van der Waals surface area contributed by atoms with Crippen molar-refractivity contribution in [2.24, 2.45) is 11.8 Å². The Labute approximate surface area is 118 Å². The number of aromatic nitrogens is 1. The van der Waals surface area contributed by atoms with Crippen LogP contribution in [0.5, 0.6) is 0 Å². The number of carbonyl (C=O) groups excluding carboxylic acids is 2. The molecule has 20 heavy (non-hydrogen) atoms. The van der Waals surface area contributed by atoms with Gasteiger partial charge in [-0.15, -0.1) is 0 Å². The minimum Gasteiger partial charge on any atom is -0.352 e. The summed E-state index contributed by atoms with van der Waals surface area (Å²) >= 11 is 0. The van der Waals surface area contributed by atoms with Crippen LogP contribution in [0.25, 0.3) is 0 Å². The quantitative estimate of drug-likeness (QED) is 0.888. The van der Waals surface area contributed by atoms with Crippen molar-refractivity contribution in [2.45, 2.75) is 25.8 Å². The van der Waals surface area contributed by atoms with Crippen LogP contribution in [0.2, 0.25) is 0 Å². The van der Waals surface area contributed by atoms with Crippen molar-refractivity contribution >= 4 is 11.8 Å². The van der Waals surface area contributed by atoms with Crippen LogP contribution in [0, 0.1) is 11.8 Å². The smallest absolute Gasteiger partial charge is 0.226 e. The number of likely N-dealkylation sites (tertiary alicyclic amines) is 1. The first-order valence-electron chi connectivity index (χ1n) is 7.21. The fourth-order valence-electron chi connectivity index (χ4n) is 2.75. The molecule has 0 bridgehead atoms. The highest BCUT2D eigenvalue weighted by Crippen LogP contribution is 2.40. The average molecular weight is 273 g/mol. The minimum absolute atomic E-state index is 0.00796. The second-order valence-corrected chi connectivity index (χ2v) is 5.56. The standard InChI is InChI=1S/C15H19N3O2/c19-14(17-10-11-4-3-5-16-9-11)12-8-13(12)15(20)18-6-1-2-7-18/h3-5,9,12-13H,1-2,6-8,10H2,(H,17,19). The molecule has 0 aromatic carbocycles. The number of nitrogens with zero attached hydrogens (tertiary/aromatic N) is 2. The minimum atomic E-state index is -0.125. The van der Waals surface area contributed by atoms with Gasteiger partial charge >= 0.3 is 0 Å². The van der Waals surface area contributed by atoms with Gasteiger partial charge in [0.25, 0.3) is 0 Å². The van der Waals surface area contributed by atoms with Gasteiger partial charge in [-0.3, -0.25) is 14.6 Å². The van der Waals surface area contributed by atoms with Crippen molar-refractivity contribution in [3.05, 3.63) is 30.1 Å². The van der Waals surface area contributed by atoms with Crippen LogP contribution in [-0.2, 0) is 16.1 Å². The van der Waals surface area contributed by atoms with Crippen LogP contribution in [0.1, 0.15) is 24.8 Å². The number of hydrogen-bond donors (Lipinski definition) is 1. The zero-order valence-electron chi connectivity index (χ0n) is 11.4. The predicted molar refractivity (Wildman–Crippen MR) is 73.5 cm³/mol. The van der Waals surface area contributed by atoms with Gasteiger partial charge in [-0.05, 0) is 30.9 Å². The first kappa shape index (κ1) is 13.1. The molecule has 1 aromatic heterocycles. The summed E-state index contributed by atoms with van der Waals surface area (Å²) in [7, 11) is 0. The maximum absolute atomic E-state index is 12.1. The fraction of sp³-hybridized carbons (Fsp3) is 0.533. The number of amides is 2. The number of rotatable bonds is 4. The molecule has 2 heterocycles. The van der Waals surface area contributed by atoms with Crippen molar-refractivity contribution in [2.75, 3.05) is 13.1 Å². The molecule has 1 aliphatic heterocycles. The van der Waals surface area contributed by atoms with E-state index in [9.17, 15) is 9.59 Å². The Bertz CT molecular complexity index is 497. The lowest BCUT2D eigenvalue weighted by atomic mass is 10.2. The van der Waals surface area contributed by atoms with Crippen molar-refractivity contribution in [1.82, 2.24) is 15.2 Å². The molecule has 3 rings (SSSR count). The van der Waals surface area contributed by atoms with Gasteiger partial charge in [0, 0.05) is 32.0 Å². The molecule has 106 valence electrons. The number of hydrogen-bond acceptors (Lipinski definition) is 3. The second-order valence-electron chi connectivity index (χ2n) is 5.56. The summed E-state index contributed by atoms with van der Waals surface area (Å²) in [4.78, 5) is 30.0. The van der Waals surface area contributed by atoms with Gasteiger partial charge in [-0.25, -0.2) is 0 Å². The first-order valence-corrected chi connectivity index (χ1v) is 7.21. The van der Waals surface area contributed by atoms with E-state index in [4.69, 9.17) is 0 Å². The Morgan fingerprint density at radius 1 is 1.30 bits per heavy atom. The molecule has 5 nitrogen and oxygen atoms in total. The fourth-order valence-corrected chi connectivity index (χ4v) is 2.75. The molecular formula is C15H19N3O2. The van der Waals surface area contributed by atoms with Gasteiger partial charge in [0.2, 0.25) is 11.8 Å². The normalized spacial score (nSPS) is 24.5. The zero-order chi connectivity index (χ0) is 13.9. The molecule has 2 fully saturated rings. The van der Waals surface area contributed by atoms with Crippen molar-refractivity contribution in [3.63, 3.8) is 0 Å². The largest absolute Gasteiger partial charge is 0.352 e. The van der Waals surface area contributed by atoms with E-state index in [0.717, 1.165) is 31.5 Å². The predicted octanol–water partition coefficient (Wildman–Crippen LogP) is 0.956. The number of nitrogens with one attached hydrogen (secondary N) is 1. The SMILES string of the molecule is O=C(NCc1cccnc1)C1CC1C(=O)N1CCCC1. The van der Waals surface area contributed by atoms with Gasteiger partial charge in [-0.2, -0.15) is 0 Å². The third-order valence-corrected chi connectivity index (χ3v) is 4.05. The molecule has 2 atom stereocenters. The molecule has 2 amide bonds. The lowest BCUT2D eigenvalue weighted by Crippen LogP contribution is -2.32. The van der Waals surface area contributed by atoms with Gasteiger partial charge < -0.3 is 10.2 Å². The molecule has 2 unspecified atom stereocenters. The van der Waals surface area contributed by atoms with Gasteiger partial charge in [0.1, 0.15) is 0 Å². The second kappa shape index (κ2) is 5.61. The Morgan fingerprint density at radius 2 is 2.10 bits per heavy atom. The summed E-state index contributed by atoms with van der Waals surface area (Å²) in [5.74, 6) is -0.0443. The monoisotopic (exact) mass is 273 g/mol. The van der Waals surface area contributed by atoms with E-state index >= 15 is 0 Å². The number of pyridine rings is 1. The van der Waals surface area contributed by atoms with E-state index in [1.807, 2.05) is 17.0 Å². The Kier molecular flexibility index (Phi) is 3.67. The summed E-state index contributed by atoms with van der Waals surface area (Å²) in [6, 6.07) is 3.77. The van der Waals surface area contributed by atoms with Gasteiger partial charge in [-0.1, -0.05) is 6.07 Å². The highest BCUT2D eigenvalue weighted by Gasteiger charge is 2.49. The van der Waals surface area contributed by atoms with Crippen LogP contribution < -0.4 is 5.32 Å². The zero-order valence-corrected chi connectivity index (χ0v) is 11.4. The van der Waals surface area contributed by atoms with E-state index in [-0.39, 0.29) is 23.7 Å². The molecule has 1 N–H and O–H groups in total. The number of carbonyl (C=O) groups is 2. The molecule has 0 spiro atoms. The van der Waals surface area contributed by atoms with Crippen molar-refractivity contribution in [1.29, 1.82) is 0 Å². The van der Waals surface area contributed by atoms with E-state index in [0.29, 0.717) is 13.0 Å². The summed E-state index contributed by atoms with van der Waals surface area (Å²) in [5, 5.41) is 2.89. The third kappa shape index (κ3) is 2.81. The summed E-state index contributed by atoms with van der Waals surface area (Å²) in [6.07, 6.45) is 6.33. The molecule has 1 aromatic rings. The topological polar surface area (TPSA) is 62.3 Å². The summed E-state index contributed by atoms with van der Waals surface area (Å²) < 4.78 is 0. The van der Waals surface area contributed by atoms with Gasteiger partial charge in [0.05, 0.1) is 11.8 Å². The van der Waals surface area contributed by atoms with Crippen LogP contribution in [0.3, 0.4) is 0 Å². The van der Waals surface area contributed by atoms with Crippen molar-refractivity contribution in [3.8, 4) is 0 Å². The van der Waals surface area contributed by atoms with E-state index in [1.54, 1.807) is 12.4 Å². The van der Waals surface area contributed by atoms with Crippen LogP contribution >= 0.6 is 0 Å².